The van der Waals surface area contributed by atoms with E-state index in [0.29, 0.717) is 17.9 Å². The number of rotatable bonds is 4. The van der Waals surface area contributed by atoms with Crippen LogP contribution in [0.5, 0.6) is 5.75 Å². The third-order valence-corrected chi connectivity index (χ3v) is 2.25. The van der Waals surface area contributed by atoms with Crippen LogP contribution in [0.3, 0.4) is 0 Å². The number of aromatic nitrogens is 1. The molecule has 0 aliphatic heterocycles. The van der Waals surface area contributed by atoms with Crippen molar-refractivity contribution in [2.24, 2.45) is 0 Å². The van der Waals surface area contributed by atoms with E-state index in [1.165, 1.54) is 0 Å². The first-order valence-corrected chi connectivity index (χ1v) is 5.34. The highest BCUT2D eigenvalue weighted by atomic mass is 16.5. The summed E-state index contributed by atoms with van der Waals surface area (Å²) in [7, 11) is 0. The summed E-state index contributed by atoms with van der Waals surface area (Å²) in [4.78, 5) is 14.6. The van der Waals surface area contributed by atoms with E-state index in [2.05, 4.69) is 4.98 Å². The van der Waals surface area contributed by atoms with Crippen molar-refractivity contribution in [2.45, 2.75) is 6.92 Å². The lowest BCUT2D eigenvalue weighted by Crippen LogP contribution is -1.99. The Bertz CT molecular complexity index is 577. The number of hydrogen-bond donors (Lipinski definition) is 2. The van der Waals surface area contributed by atoms with Gasteiger partial charge >= 0.3 is 5.97 Å². The molecular formula is C12H12N2O4. The first-order valence-electron chi connectivity index (χ1n) is 5.34. The van der Waals surface area contributed by atoms with Crippen LogP contribution in [0, 0.1) is 0 Å². The maximum Gasteiger partial charge on any atom is 0.358 e. The lowest BCUT2D eigenvalue weighted by atomic mass is 10.1. The third-order valence-electron chi connectivity index (χ3n) is 2.25. The smallest absolute Gasteiger partial charge is 0.358 e. The molecule has 0 spiro atoms. The standard InChI is InChI=1S/C12H12N2O4/c1-2-17-8-5-3-4-7(6-8)10-9(11(15)16)14-12(13)18-10/h3-6H,2H2,1H3,(H2,13,14)(H,15,16). The number of ether oxygens (including phenoxy) is 1. The van der Waals surface area contributed by atoms with Gasteiger partial charge in [-0.1, -0.05) is 12.1 Å². The minimum Gasteiger partial charge on any atom is -0.494 e. The Labute approximate surface area is 103 Å². The molecule has 6 nitrogen and oxygen atoms in total. The van der Waals surface area contributed by atoms with Gasteiger partial charge in [0.25, 0.3) is 6.01 Å². The quantitative estimate of drug-likeness (QED) is 0.858. The molecular weight excluding hydrogens is 236 g/mol. The van der Waals surface area contributed by atoms with E-state index < -0.39 is 5.97 Å². The number of nitrogens with two attached hydrogens (primary N) is 1. The Morgan fingerprint density at radius 3 is 3.00 bits per heavy atom. The van der Waals surface area contributed by atoms with Crippen LogP contribution in [-0.4, -0.2) is 22.7 Å². The van der Waals surface area contributed by atoms with Gasteiger partial charge in [0.15, 0.2) is 11.5 Å². The number of carboxylic acids is 1. The van der Waals surface area contributed by atoms with Gasteiger partial charge in [0, 0.05) is 5.56 Å². The van der Waals surface area contributed by atoms with Crippen molar-refractivity contribution >= 4 is 12.0 Å². The number of oxazole rings is 1. The fourth-order valence-electron chi connectivity index (χ4n) is 1.57. The number of benzene rings is 1. The molecule has 0 bridgehead atoms. The van der Waals surface area contributed by atoms with E-state index in [1.54, 1.807) is 24.3 Å². The SMILES string of the molecule is CCOc1cccc(-c2oc(N)nc2C(=O)O)c1. The lowest BCUT2D eigenvalue weighted by molar-refractivity contribution is 0.0691. The van der Waals surface area contributed by atoms with Crippen LogP contribution in [0.1, 0.15) is 17.4 Å². The molecule has 0 fully saturated rings. The average molecular weight is 248 g/mol. The maximum absolute atomic E-state index is 11.0. The highest BCUT2D eigenvalue weighted by Gasteiger charge is 2.20. The van der Waals surface area contributed by atoms with Crippen molar-refractivity contribution in [2.75, 3.05) is 12.3 Å². The summed E-state index contributed by atoms with van der Waals surface area (Å²) in [6, 6.07) is 6.71. The Kier molecular flexibility index (Phi) is 3.18. The number of anilines is 1. The molecule has 0 aliphatic rings. The van der Waals surface area contributed by atoms with Gasteiger partial charge < -0.3 is 20.0 Å². The van der Waals surface area contributed by atoms with E-state index in [4.69, 9.17) is 20.0 Å². The number of nitrogen functional groups attached to an aromatic ring is 1. The molecule has 0 radical (unpaired) electrons. The number of nitrogens with zero attached hydrogens (tertiary/aromatic N) is 1. The minimum atomic E-state index is -1.19. The second kappa shape index (κ2) is 4.79. The van der Waals surface area contributed by atoms with Gasteiger partial charge in [-0.15, -0.1) is 0 Å². The molecule has 0 amide bonds. The normalized spacial score (nSPS) is 10.3. The Morgan fingerprint density at radius 1 is 1.56 bits per heavy atom. The largest absolute Gasteiger partial charge is 0.494 e. The Hall–Kier alpha value is -2.50. The molecule has 1 heterocycles. The van der Waals surface area contributed by atoms with Crippen LogP contribution in [-0.2, 0) is 0 Å². The molecule has 0 aliphatic carbocycles. The fraction of sp³-hybridized carbons (Fsp3) is 0.167. The zero-order valence-corrected chi connectivity index (χ0v) is 9.71. The van der Waals surface area contributed by atoms with Crippen molar-refractivity contribution in [3.05, 3.63) is 30.0 Å². The first-order chi connectivity index (χ1) is 8.61. The van der Waals surface area contributed by atoms with Gasteiger partial charge in [-0.25, -0.2) is 4.79 Å². The van der Waals surface area contributed by atoms with Gasteiger partial charge in [-0.2, -0.15) is 4.98 Å². The third kappa shape index (κ3) is 2.27. The van der Waals surface area contributed by atoms with Crippen molar-refractivity contribution in [3.8, 4) is 17.1 Å². The highest BCUT2D eigenvalue weighted by molar-refractivity contribution is 5.92. The van der Waals surface area contributed by atoms with Crippen molar-refractivity contribution in [1.82, 2.24) is 4.98 Å². The van der Waals surface area contributed by atoms with Crippen LogP contribution in [0.4, 0.5) is 6.01 Å². The molecule has 0 saturated carbocycles. The lowest BCUT2D eigenvalue weighted by Gasteiger charge is -2.04. The van der Waals surface area contributed by atoms with Crippen molar-refractivity contribution in [3.63, 3.8) is 0 Å². The van der Waals surface area contributed by atoms with Gasteiger partial charge in [0.2, 0.25) is 0 Å². The molecule has 3 N–H and O–H groups in total. The highest BCUT2D eigenvalue weighted by Crippen LogP contribution is 2.28. The molecule has 18 heavy (non-hydrogen) atoms. The Balaban J connectivity index is 2.47. The summed E-state index contributed by atoms with van der Waals surface area (Å²) in [5.41, 5.74) is 5.73. The predicted octanol–water partition coefficient (Wildman–Crippen LogP) is 2.02. The zero-order valence-electron chi connectivity index (χ0n) is 9.71. The maximum atomic E-state index is 11.0. The van der Waals surface area contributed by atoms with Crippen molar-refractivity contribution < 1.29 is 19.1 Å². The first kappa shape index (κ1) is 12.0. The molecule has 0 unspecified atom stereocenters. The van der Waals surface area contributed by atoms with Crippen LogP contribution in [0.2, 0.25) is 0 Å². The zero-order chi connectivity index (χ0) is 13.1. The van der Waals surface area contributed by atoms with E-state index >= 15 is 0 Å². The van der Waals surface area contributed by atoms with E-state index in [9.17, 15) is 4.79 Å². The summed E-state index contributed by atoms with van der Waals surface area (Å²) < 4.78 is 10.5. The monoisotopic (exact) mass is 248 g/mol. The summed E-state index contributed by atoms with van der Waals surface area (Å²) in [5, 5.41) is 9.00. The number of carbonyl (C=O) groups is 1. The average Bonchev–Trinajstić information content (AvgIpc) is 2.72. The predicted molar refractivity (Wildman–Crippen MR) is 64.5 cm³/mol. The second-order valence-electron chi connectivity index (χ2n) is 3.50. The van der Waals surface area contributed by atoms with Gasteiger partial charge in [0.05, 0.1) is 6.61 Å². The van der Waals surface area contributed by atoms with E-state index in [0.717, 1.165) is 0 Å². The second-order valence-corrected chi connectivity index (χ2v) is 3.50. The van der Waals surface area contributed by atoms with Gasteiger partial charge in [-0.05, 0) is 19.1 Å². The summed E-state index contributed by atoms with van der Waals surface area (Å²) in [6.07, 6.45) is 0. The van der Waals surface area contributed by atoms with Gasteiger partial charge in [-0.3, -0.25) is 0 Å². The minimum absolute atomic E-state index is 0.126. The molecule has 1 aromatic heterocycles. The van der Waals surface area contributed by atoms with Crippen LogP contribution < -0.4 is 10.5 Å². The number of aromatic carboxylic acids is 1. The summed E-state index contributed by atoms with van der Waals surface area (Å²) in [5.74, 6) is -0.435. The van der Waals surface area contributed by atoms with Crippen LogP contribution in [0.25, 0.3) is 11.3 Å². The molecule has 0 saturated heterocycles. The van der Waals surface area contributed by atoms with Crippen molar-refractivity contribution in [1.29, 1.82) is 0 Å². The topological polar surface area (TPSA) is 98.6 Å². The molecule has 1 aromatic carbocycles. The summed E-state index contributed by atoms with van der Waals surface area (Å²) >= 11 is 0. The fourth-order valence-corrected chi connectivity index (χ4v) is 1.57. The van der Waals surface area contributed by atoms with Crippen LogP contribution in [0.15, 0.2) is 28.7 Å². The molecule has 2 aromatic rings. The van der Waals surface area contributed by atoms with E-state index in [1.807, 2.05) is 6.92 Å². The summed E-state index contributed by atoms with van der Waals surface area (Å²) in [6.45, 7) is 2.38. The number of hydrogen-bond acceptors (Lipinski definition) is 5. The molecule has 94 valence electrons. The Morgan fingerprint density at radius 2 is 2.33 bits per heavy atom. The molecule has 0 atom stereocenters. The molecule has 6 heteroatoms. The molecule has 2 rings (SSSR count). The van der Waals surface area contributed by atoms with E-state index in [-0.39, 0.29) is 17.5 Å². The van der Waals surface area contributed by atoms with Gasteiger partial charge in [0.1, 0.15) is 5.75 Å². The van der Waals surface area contributed by atoms with Crippen LogP contribution >= 0.6 is 0 Å². The number of carboxylic acid groups (broad SMARTS) is 1.